The summed E-state index contributed by atoms with van der Waals surface area (Å²) in [5.74, 6) is 15.0. The molecule has 0 aromatic carbocycles. The van der Waals surface area contributed by atoms with E-state index < -0.39 is 12.2 Å². The van der Waals surface area contributed by atoms with E-state index in [9.17, 15) is 19.8 Å². The second kappa shape index (κ2) is 23.1. The van der Waals surface area contributed by atoms with Crippen molar-refractivity contribution in [1.29, 1.82) is 0 Å². The van der Waals surface area contributed by atoms with E-state index in [-0.39, 0.29) is 24.4 Å². The highest BCUT2D eigenvalue weighted by molar-refractivity contribution is 6.01. The van der Waals surface area contributed by atoms with Crippen LogP contribution in [-0.2, 0) is 9.59 Å². The third-order valence-electron chi connectivity index (χ3n) is 4.86. The molecule has 0 saturated heterocycles. The van der Waals surface area contributed by atoms with Gasteiger partial charge < -0.3 is 10.2 Å². The summed E-state index contributed by atoms with van der Waals surface area (Å²) < 4.78 is 0. The Morgan fingerprint density at radius 1 is 0.647 bits per heavy atom. The fourth-order valence-electron chi connectivity index (χ4n) is 2.89. The third kappa shape index (κ3) is 22.2. The highest BCUT2D eigenvalue weighted by Crippen LogP contribution is 2.07. The molecule has 0 aromatic rings. The van der Waals surface area contributed by atoms with E-state index in [1.165, 1.54) is 0 Å². The fourth-order valence-corrected chi connectivity index (χ4v) is 2.89. The quantitative estimate of drug-likeness (QED) is 0.142. The highest BCUT2D eigenvalue weighted by Gasteiger charge is 2.02. The number of allylic oxidation sites excluding steroid dienone is 2. The van der Waals surface area contributed by atoms with Gasteiger partial charge in [-0.05, 0) is 62.5 Å². The molecule has 0 heterocycles. The Morgan fingerprint density at radius 3 is 1.41 bits per heavy atom. The van der Waals surface area contributed by atoms with E-state index in [1.54, 1.807) is 12.2 Å². The van der Waals surface area contributed by atoms with Crippen molar-refractivity contribution in [3.63, 3.8) is 0 Å². The van der Waals surface area contributed by atoms with Gasteiger partial charge in [0.2, 0.25) is 11.6 Å². The minimum absolute atomic E-state index is 0.123. The SMILES string of the molecule is C#CC(O)C=CCCCCCCC#CC(=O)CCC(=O)C#CCCCCCCC=CC(O)C#C. The fraction of sp³-hybridized carbons (Fsp3) is 0.533. The first-order valence-corrected chi connectivity index (χ1v) is 12.1. The number of aliphatic hydroxyl groups is 2. The maximum atomic E-state index is 11.8. The van der Waals surface area contributed by atoms with Crippen molar-refractivity contribution in [2.75, 3.05) is 0 Å². The van der Waals surface area contributed by atoms with Gasteiger partial charge >= 0.3 is 0 Å². The molecule has 182 valence electrons. The maximum Gasteiger partial charge on any atom is 0.205 e. The van der Waals surface area contributed by atoms with Crippen LogP contribution in [0.5, 0.6) is 0 Å². The molecule has 0 spiro atoms. The molecular weight excluding hydrogens is 424 g/mol. The standard InChI is InChI=1S/C30H38O4/c1-3-27(31)21-17-13-9-5-7-11-15-19-23-29(33)25-26-30(34)24-20-16-12-8-6-10-14-18-22-28(32)4-2/h1-2,17-18,21-22,27-28,31-32H,5-16,25-26H2. The van der Waals surface area contributed by atoms with Gasteiger partial charge in [0, 0.05) is 25.7 Å². The maximum absolute atomic E-state index is 11.8. The summed E-state index contributed by atoms with van der Waals surface area (Å²) in [5.41, 5.74) is 0. The number of hydrogen-bond acceptors (Lipinski definition) is 4. The molecule has 0 amide bonds. The minimum atomic E-state index is -0.799. The van der Waals surface area contributed by atoms with E-state index in [2.05, 4.69) is 35.5 Å². The van der Waals surface area contributed by atoms with Crippen molar-refractivity contribution >= 4 is 11.6 Å². The predicted molar refractivity (Wildman–Crippen MR) is 138 cm³/mol. The predicted octanol–water partition coefficient (Wildman–Crippen LogP) is 4.69. The lowest BCUT2D eigenvalue weighted by molar-refractivity contribution is -0.118. The summed E-state index contributed by atoms with van der Waals surface area (Å²) in [6.45, 7) is 0. The van der Waals surface area contributed by atoms with E-state index >= 15 is 0 Å². The minimum Gasteiger partial charge on any atom is -0.377 e. The van der Waals surface area contributed by atoms with Gasteiger partial charge in [-0.1, -0.05) is 61.5 Å². The molecule has 0 aliphatic heterocycles. The van der Waals surface area contributed by atoms with Gasteiger partial charge in [-0.3, -0.25) is 9.59 Å². The average molecular weight is 463 g/mol. The van der Waals surface area contributed by atoms with Crippen molar-refractivity contribution < 1.29 is 19.8 Å². The lowest BCUT2D eigenvalue weighted by atomic mass is 10.1. The third-order valence-corrected chi connectivity index (χ3v) is 4.86. The molecule has 0 aromatic heterocycles. The second-order valence-electron chi connectivity index (χ2n) is 7.93. The summed E-state index contributed by atoms with van der Waals surface area (Å²) >= 11 is 0. The van der Waals surface area contributed by atoms with Crippen molar-refractivity contribution in [3.8, 4) is 48.4 Å². The molecule has 0 bridgehead atoms. The normalized spacial score (nSPS) is 12.1. The Labute approximate surface area is 206 Å². The molecular formula is C30H38O4. The first kappa shape index (κ1) is 31.0. The lowest BCUT2D eigenvalue weighted by Crippen LogP contribution is -2.00. The van der Waals surface area contributed by atoms with Gasteiger partial charge in [-0.25, -0.2) is 0 Å². The number of Topliss-reactive ketones (excluding diaryl/α,β-unsaturated/α-hetero) is 2. The monoisotopic (exact) mass is 462 g/mol. The zero-order valence-electron chi connectivity index (χ0n) is 20.2. The van der Waals surface area contributed by atoms with E-state index in [4.69, 9.17) is 12.8 Å². The van der Waals surface area contributed by atoms with Crippen molar-refractivity contribution in [2.24, 2.45) is 0 Å². The first-order valence-electron chi connectivity index (χ1n) is 12.1. The van der Waals surface area contributed by atoms with Crippen LogP contribution in [-0.4, -0.2) is 34.0 Å². The number of carbonyl (C=O) groups is 2. The van der Waals surface area contributed by atoms with Crippen LogP contribution in [0.1, 0.15) is 89.9 Å². The van der Waals surface area contributed by atoms with E-state index in [1.807, 2.05) is 12.2 Å². The molecule has 2 atom stereocenters. The second-order valence-corrected chi connectivity index (χ2v) is 7.93. The Bertz CT molecular complexity index is 771. The van der Waals surface area contributed by atoms with Gasteiger partial charge in [0.1, 0.15) is 12.2 Å². The molecule has 0 fully saturated rings. The highest BCUT2D eigenvalue weighted by atomic mass is 16.3. The number of terminal acetylenes is 2. The zero-order chi connectivity index (χ0) is 25.3. The van der Waals surface area contributed by atoms with E-state index in [0.29, 0.717) is 12.8 Å². The van der Waals surface area contributed by atoms with Crippen molar-refractivity contribution in [3.05, 3.63) is 24.3 Å². The van der Waals surface area contributed by atoms with Gasteiger partial charge in [0.25, 0.3) is 0 Å². The van der Waals surface area contributed by atoms with Crippen molar-refractivity contribution in [1.82, 2.24) is 0 Å². The van der Waals surface area contributed by atoms with Crippen LogP contribution in [0.2, 0.25) is 0 Å². The summed E-state index contributed by atoms with van der Waals surface area (Å²) in [6, 6.07) is 0. The molecule has 2 unspecified atom stereocenters. The first-order chi connectivity index (χ1) is 16.5. The molecule has 34 heavy (non-hydrogen) atoms. The largest absolute Gasteiger partial charge is 0.377 e. The Hall–Kier alpha value is -3.02. The van der Waals surface area contributed by atoms with Crippen LogP contribution in [0.25, 0.3) is 0 Å². The van der Waals surface area contributed by atoms with Crippen LogP contribution >= 0.6 is 0 Å². The summed E-state index contributed by atoms with van der Waals surface area (Å²) in [4.78, 5) is 23.5. The van der Waals surface area contributed by atoms with Crippen LogP contribution in [0.15, 0.2) is 24.3 Å². The number of aliphatic hydroxyl groups excluding tert-OH is 2. The van der Waals surface area contributed by atoms with Crippen LogP contribution in [0, 0.1) is 48.4 Å². The lowest BCUT2D eigenvalue weighted by Gasteiger charge is -1.97. The van der Waals surface area contributed by atoms with Gasteiger partial charge in [0.05, 0.1) is 0 Å². The molecule has 0 aliphatic carbocycles. The van der Waals surface area contributed by atoms with Crippen LogP contribution in [0.3, 0.4) is 0 Å². The number of ketones is 2. The molecule has 2 N–H and O–H groups in total. The molecule has 4 heteroatoms. The smallest absolute Gasteiger partial charge is 0.205 e. The summed E-state index contributed by atoms with van der Waals surface area (Å²) in [6.07, 6.45) is 27.1. The van der Waals surface area contributed by atoms with Crippen LogP contribution < -0.4 is 0 Å². The van der Waals surface area contributed by atoms with Gasteiger partial charge in [-0.2, -0.15) is 0 Å². The Kier molecular flexibility index (Phi) is 21.1. The molecule has 4 nitrogen and oxygen atoms in total. The molecule has 0 rings (SSSR count). The summed E-state index contributed by atoms with van der Waals surface area (Å²) in [7, 11) is 0. The summed E-state index contributed by atoms with van der Waals surface area (Å²) in [5, 5.41) is 18.4. The topological polar surface area (TPSA) is 74.6 Å². The van der Waals surface area contributed by atoms with Crippen molar-refractivity contribution in [2.45, 2.75) is 102 Å². The number of hydrogen-bond donors (Lipinski definition) is 2. The molecule has 0 radical (unpaired) electrons. The van der Waals surface area contributed by atoms with Gasteiger partial charge in [0.15, 0.2) is 0 Å². The van der Waals surface area contributed by atoms with Gasteiger partial charge in [-0.15, -0.1) is 12.8 Å². The Morgan fingerprint density at radius 2 is 1.03 bits per heavy atom. The zero-order valence-corrected chi connectivity index (χ0v) is 20.2. The Balaban J connectivity index is 3.69. The molecule has 0 saturated carbocycles. The number of carbonyl (C=O) groups excluding carboxylic acids is 2. The number of unbranched alkanes of at least 4 members (excludes halogenated alkanes) is 10. The van der Waals surface area contributed by atoms with E-state index in [0.717, 1.165) is 64.2 Å². The average Bonchev–Trinajstić information content (AvgIpc) is 2.84. The van der Waals surface area contributed by atoms with Crippen LogP contribution in [0.4, 0.5) is 0 Å². The number of rotatable bonds is 17. The molecule has 0 aliphatic rings.